The van der Waals surface area contributed by atoms with Crippen molar-refractivity contribution in [1.29, 1.82) is 0 Å². The second kappa shape index (κ2) is 9.81. The van der Waals surface area contributed by atoms with Crippen LogP contribution in [-0.2, 0) is 16.1 Å². The number of anilines is 1. The molecule has 0 aliphatic carbocycles. The molecule has 1 aromatic carbocycles. The number of ether oxygens (including phenoxy) is 1. The summed E-state index contributed by atoms with van der Waals surface area (Å²) in [6.07, 6.45) is -17.2. The van der Waals surface area contributed by atoms with E-state index in [-0.39, 0.29) is 36.9 Å². The van der Waals surface area contributed by atoms with E-state index in [1.54, 1.807) is 6.07 Å². The van der Waals surface area contributed by atoms with Gasteiger partial charge >= 0.3 is 18.4 Å². The molecule has 0 spiro atoms. The highest BCUT2D eigenvalue weighted by Gasteiger charge is 2.60. The summed E-state index contributed by atoms with van der Waals surface area (Å²) >= 11 is 6.21. The number of benzene rings is 1. The monoisotopic (exact) mass is 542 g/mol. The van der Waals surface area contributed by atoms with Gasteiger partial charge in [0.05, 0.1) is 6.04 Å². The summed E-state index contributed by atoms with van der Waals surface area (Å²) in [5, 5.41) is 3.43. The van der Waals surface area contributed by atoms with Gasteiger partial charge in [-0.1, -0.05) is 11.6 Å². The molecular weight excluding hydrogens is 518 g/mol. The summed E-state index contributed by atoms with van der Waals surface area (Å²) in [6, 6.07) is 5.61. The van der Waals surface area contributed by atoms with Gasteiger partial charge in [0.15, 0.2) is 0 Å². The van der Waals surface area contributed by atoms with Crippen molar-refractivity contribution >= 4 is 29.3 Å². The maximum absolute atomic E-state index is 12.7. The summed E-state index contributed by atoms with van der Waals surface area (Å²) in [5.41, 5.74) is 1.95. The van der Waals surface area contributed by atoms with Crippen LogP contribution in [0.1, 0.15) is 12.5 Å². The third-order valence-corrected chi connectivity index (χ3v) is 6.93. The molecule has 3 fully saturated rings. The van der Waals surface area contributed by atoms with E-state index in [2.05, 4.69) is 19.9 Å². The minimum atomic E-state index is -5.74. The van der Waals surface area contributed by atoms with Gasteiger partial charge in [0.1, 0.15) is 0 Å². The first-order valence-electron chi connectivity index (χ1n) is 11.3. The lowest BCUT2D eigenvalue weighted by atomic mass is 10.0. The average Bonchev–Trinajstić information content (AvgIpc) is 3.26. The Hall–Kier alpha value is -2.41. The molecule has 1 N–H and O–H groups in total. The number of likely N-dealkylation sites (tertiary alicyclic amines) is 2. The van der Waals surface area contributed by atoms with Gasteiger partial charge in [0.25, 0.3) is 6.10 Å². The molecule has 0 radical (unpaired) electrons. The fraction of sp³-hybridized carbons (Fsp3) is 0.636. The number of carbonyl (C=O) groups is 2. The lowest BCUT2D eigenvalue weighted by Crippen LogP contribution is -2.59. The van der Waals surface area contributed by atoms with Crippen LogP contribution in [0.25, 0.3) is 0 Å². The molecule has 4 rings (SSSR count). The van der Waals surface area contributed by atoms with Crippen molar-refractivity contribution in [3.63, 3.8) is 0 Å². The highest BCUT2D eigenvalue weighted by Crippen LogP contribution is 2.38. The summed E-state index contributed by atoms with van der Waals surface area (Å²) in [6.45, 7) is 4.42. The summed E-state index contributed by atoms with van der Waals surface area (Å²) in [7, 11) is 0. The third-order valence-electron chi connectivity index (χ3n) is 6.70. The molecule has 2 atom stereocenters. The van der Waals surface area contributed by atoms with Gasteiger partial charge in [-0.3, -0.25) is 9.69 Å². The lowest BCUT2D eigenvalue weighted by molar-refractivity contribution is -0.308. The van der Waals surface area contributed by atoms with Crippen molar-refractivity contribution in [2.75, 3.05) is 44.2 Å². The quantitative estimate of drug-likeness (QED) is 0.576. The molecule has 3 saturated heterocycles. The number of nitrogens with one attached hydrogen (secondary N) is 1. The molecule has 14 heteroatoms. The molecule has 3 aliphatic heterocycles. The normalized spacial score (nSPS) is 23.1. The summed E-state index contributed by atoms with van der Waals surface area (Å²) < 4.78 is 80.2. The topological polar surface area (TPSA) is 65.1 Å². The molecule has 1 aromatic rings. The minimum absolute atomic E-state index is 0.0232. The van der Waals surface area contributed by atoms with Gasteiger partial charge in [-0.25, -0.2) is 4.79 Å². The number of halogens is 7. The number of carbonyl (C=O) groups excluding carboxylic acids is 2. The summed E-state index contributed by atoms with van der Waals surface area (Å²) in [5.74, 6) is -0.281. The van der Waals surface area contributed by atoms with Gasteiger partial charge in [0, 0.05) is 63.4 Å². The van der Waals surface area contributed by atoms with Crippen molar-refractivity contribution in [3.05, 3.63) is 28.8 Å². The maximum Gasteiger partial charge on any atom is 0.434 e. The van der Waals surface area contributed by atoms with Gasteiger partial charge in [0.2, 0.25) is 5.91 Å². The van der Waals surface area contributed by atoms with Crippen LogP contribution in [0.4, 0.5) is 36.8 Å². The van der Waals surface area contributed by atoms with Crippen LogP contribution >= 0.6 is 11.6 Å². The number of nitrogens with zero attached hydrogens (tertiary/aromatic N) is 3. The molecule has 2 unspecified atom stereocenters. The fourth-order valence-electron chi connectivity index (χ4n) is 5.15. The van der Waals surface area contributed by atoms with E-state index in [0.717, 1.165) is 16.2 Å². The van der Waals surface area contributed by atoms with Gasteiger partial charge in [-0.15, -0.1) is 0 Å². The summed E-state index contributed by atoms with van der Waals surface area (Å²) in [4.78, 5) is 28.5. The zero-order valence-electron chi connectivity index (χ0n) is 19.2. The minimum Gasteiger partial charge on any atom is -0.426 e. The zero-order valence-corrected chi connectivity index (χ0v) is 20.0. The lowest BCUT2D eigenvalue weighted by Gasteiger charge is -2.42. The standard InChI is InChI=1S/C22H25ClF6N4O3/c1-12(34)30-17-10-32(11-17)18-3-2-16(23)4-13(18)5-31-6-14-8-33(9-15(14)7-31)20(35)36-19(21(24,25)26)22(27,28)29/h2-4,14-15,17,19H,5-11H2,1H3,(H,30,34). The first kappa shape index (κ1) is 26.6. The van der Waals surface area contributed by atoms with E-state index < -0.39 is 24.5 Å². The van der Waals surface area contributed by atoms with Crippen molar-refractivity contribution in [2.24, 2.45) is 11.8 Å². The molecule has 0 saturated carbocycles. The van der Waals surface area contributed by atoms with Gasteiger partial charge in [-0.05, 0) is 35.6 Å². The van der Waals surface area contributed by atoms with Crippen molar-refractivity contribution in [2.45, 2.75) is 38.0 Å². The van der Waals surface area contributed by atoms with Crippen LogP contribution in [0.3, 0.4) is 0 Å². The first-order chi connectivity index (χ1) is 16.7. The zero-order chi connectivity index (χ0) is 26.4. The Morgan fingerprint density at radius 2 is 1.61 bits per heavy atom. The molecule has 200 valence electrons. The second-order valence-electron chi connectivity index (χ2n) is 9.54. The fourth-order valence-corrected chi connectivity index (χ4v) is 5.34. The predicted octanol–water partition coefficient (Wildman–Crippen LogP) is 3.66. The molecule has 2 amide bonds. The van der Waals surface area contributed by atoms with Crippen LogP contribution in [0, 0.1) is 11.8 Å². The Morgan fingerprint density at radius 3 is 2.14 bits per heavy atom. The Balaban J connectivity index is 1.33. The van der Waals surface area contributed by atoms with Crippen LogP contribution in [0.2, 0.25) is 5.02 Å². The van der Waals surface area contributed by atoms with Crippen molar-refractivity contribution in [1.82, 2.24) is 15.1 Å². The Labute approximate surface area is 208 Å². The predicted molar refractivity (Wildman–Crippen MR) is 117 cm³/mol. The number of fused-ring (bicyclic) bond motifs is 1. The number of hydrogen-bond acceptors (Lipinski definition) is 5. The molecule has 3 aliphatic rings. The average molecular weight is 543 g/mol. The Kier molecular flexibility index (Phi) is 7.26. The van der Waals surface area contributed by atoms with E-state index >= 15 is 0 Å². The second-order valence-corrected chi connectivity index (χ2v) is 9.98. The largest absolute Gasteiger partial charge is 0.434 e. The van der Waals surface area contributed by atoms with E-state index in [9.17, 15) is 35.9 Å². The Morgan fingerprint density at radius 1 is 1.03 bits per heavy atom. The molecular formula is C22H25ClF6N4O3. The van der Waals surface area contributed by atoms with Crippen molar-refractivity contribution in [3.8, 4) is 0 Å². The highest BCUT2D eigenvalue weighted by atomic mass is 35.5. The highest BCUT2D eigenvalue weighted by molar-refractivity contribution is 6.30. The number of amides is 2. The van der Waals surface area contributed by atoms with Crippen molar-refractivity contribution < 1.29 is 40.7 Å². The SMILES string of the molecule is CC(=O)NC1CN(c2ccc(Cl)cc2CN2CC3CN(C(=O)OC(C(F)(F)F)C(F)(F)F)CC3C2)C1. The third kappa shape index (κ3) is 5.93. The smallest absolute Gasteiger partial charge is 0.426 e. The van der Waals surface area contributed by atoms with Crippen LogP contribution in [0.5, 0.6) is 0 Å². The van der Waals surface area contributed by atoms with Gasteiger partial charge in [-0.2, -0.15) is 26.3 Å². The van der Waals surface area contributed by atoms with E-state index in [1.165, 1.54) is 6.92 Å². The van der Waals surface area contributed by atoms with E-state index in [0.29, 0.717) is 37.7 Å². The molecule has 7 nitrogen and oxygen atoms in total. The number of hydrogen-bond donors (Lipinski definition) is 1. The van der Waals surface area contributed by atoms with Gasteiger partial charge < -0.3 is 19.9 Å². The van der Waals surface area contributed by atoms with Crippen LogP contribution in [0.15, 0.2) is 18.2 Å². The van der Waals surface area contributed by atoms with E-state index in [1.807, 2.05) is 12.1 Å². The number of alkyl halides is 6. The van der Waals surface area contributed by atoms with Crippen LogP contribution < -0.4 is 10.2 Å². The maximum atomic E-state index is 12.7. The molecule has 36 heavy (non-hydrogen) atoms. The van der Waals surface area contributed by atoms with Crippen LogP contribution in [-0.4, -0.2) is 85.6 Å². The Bertz CT molecular complexity index is 973. The molecule has 0 bridgehead atoms. The molecule has 0 aromatic heterocycles. The first-order valence-corrected chi connectivity index (χ1v) is 11.7. The van der Waals surface area contributed by atoms with E-state index in [4.69, 9.17) is 11.6 Å². The molecule has 3 heterocycles. The number of rotatable bonds is 5.